The molecule has 0 saturated heterocycles. The van der Waals surface area contributed by atoms with Gasteiger partial charge >= 0.3 is 0 Å². The summed E-state index contributed by atoms with van der Waals surface area (Å²) < 4.78 is 13.0. The van der Waals surface area contributed by atoms with Crippen molar-refractivity contribution in [1.29, 1.82) is 0 Å². The Hall–Kier alpha value is -1.00. The average Bonchev–Trinajstić information content (AvgIpc) is 2.11. The number of aliphatic hydroxyl groups excluding tert-OH is 1. The summed E-state index contributed by atoms with van der Waals surface area (Å²) in [6.07, 6.45) is 1.14. The average molecular weight is 231 g/mol. The maximum Gasteiger partial charge on any atom is 0.143 e. The molecule has 0 amide bonds. The number of rotatable bonds is 2. The molecule has 0 atom stereocenters. The molecule has 1 aliphatic carbocycles. The first-order valence-electron chi connectivity index (χ1n) is 4.75. The molecule has 1 saturated carbocycles. The predicted octanol–water partition coefficient (Wildman–Crippen LogP) is 2.00. The maximum atomic E-state index is 13.0. The number of nitrogens with two attached hydrogens (primary N) is 1. The zero-order valence-corrected chi connectivity index (χ0v) is 8.76. The van der Waals surface area contributed by atoms with Crippen LogP contribution in [0.15, 0.2) is 12.1 Å². The summed E-state index contributed by atoms with van der Waals surface area (Å²) in [6, 6.07) is 2.86. The monoisotopic (exact) mass is 230 g/mol. The van der Waals surface area contributed by atoms with Crippen molar-refractivity contribution in [2.75, 3.05) is 11.1 Å². The Morgan fingerprint density at radius 3 is 2.73 bits per heavy atom. The quantitative estimate of drug-likeness (QED) is 0.681. The molecule has 0 spiro atoms. The van der Waals surface area contributed by atoms with E-state index in [0.29, 0.717) is 24.2 Å². The van der Waals surface area contributed by atoms with Gasteiger partial charge in [0.15, 0.2) is 0 Å². The fraction of sp³-hybridized carbons (Fsp3) is 0.400. The summed E-state index contributed by atoms with van der Waals surface area (Å²) >= 11 is 5.64. The molecular weight excluding hydrogens is 219 g/mol. The summed E-state index contributed by atoms with van der Waals surface area (Å²) in [5.74, 6) is -0.520. The predicted molar refractivity (Wildman–Crippen MR) is 58.5 cm³/mol. The van der Waals surface area contributed by atoms with Crippen LogP contribution in [0, 0.1) is 5.82 Å². The second kappa shape index (κ2) is 3.87. The van der Waals surface area contributed by atoms with Crippen LogP contribution in [0.2, 0.25) is 5.02 Å². The van der Waals surface area contributed by atoms with E-state index in [1.54, 1.807) is 0 Å². The second-order valence-corrected chi connectivity index (χ2v) is 4.23. The zero-order valence-electron chi connectivity index (χ0n) is 8.00. The molecule has 1 aromatic carbocycles. The molecule has 1 aliphatic rings. The highest BCUT2D eigenvalue weighted by molar-refractivity contribution is 6.31. The van der Waals surface area contributed by atoms with Crippen LogP contribution < -0.4 is 11.1 Å². The SMILES string of the molecule is Nc1cc(F)c(Cl)cc1NC1CC(O)C1. The van der Waals surface area contributed by atoms with Crippen molar-refractivity contribution in [3.8, 4) is 0 Å². The van der Waals surface area contributed by atoms with Gasteiger partial charge in [-0.05, 0) is 18.9 Å². The number of halogens is 2. The Morgan fingerprint density at radius 2 is 2.13 bits per heavy atom. The van der Waals surface area contributed by atoms with E-state index < -0.39 is 5.82 Å². The molecular formula is C10H12ClFN2O. The van der Waals surface area contributed by atoms with Gasteiger partial charge in [-0.3, -0.25) is 0 Å². The molecule has 0 bridgehead atoms. The first-order valence-corrected chi connectivity index (χ1v) is 5.13. The molecule has 2 rings (SSSR count). The topological polar surface area (TPSA) is 58.3 Å². The van der Waals surface area contributed by atoms with Crippen molar-refractivity contribution >= 4 is 23.0 Å². The molecule has 15 heavy (non-hydrogen) atoms. The summed E-state index contributed by atoms with van der Waals surface area (Å²) in [7, 11) is 0. The number of nitrogen functional groups attached to an aromatic ring is 1. The van der Waals surface area contributed by atoms with Crippen molar-refractivity contribution < 1.29 is 9.50 Å². The van der Waals surface area contributed by atoms with E-state index in [2.05, 4.69) is 5.32 Å². The fourth-order valence-electron chi connectivity index (χ4n) is 1.61. The van der Waals surface area contributed by atoms with Gasteiger partial charge in [0.25, 0.3) is 0 Å². The second-order valence-electron chi connectivity index (χ2n) is 3.82. The van der Waals surface area contributed by atoms with Crippen LogP contribution in [-0.2, 0) is 0 Å². The van der Waals surface area contributed by atoms with Gasteiger partial charge in [-0.25, -0.2) is 4.39 Å². The Balaban J connectivity index is 2.11. The van der Waals surface area contributed by atoms with Crippen molar-refractivity contribution in [3.05, 3.63) is 23.0 Å². The smallest absolute Gasteiger partial charge is 0.143 e. The molecule has 5 heteroatoms. The van der Waals surface area contributed by atoms with Crippen LogP contribution in [0.5, 0.6) is 0 Å². The highest BCUT2D eigenvalue weighted by atomic mass is 35.5. The largest absolute Gasteiger partial charge is 0.397 e. The van der Waals surface area contributed by atoms with Crippen molar-refractivity contribution in [3.63, 3.8) is 0 Å². The van der Waals surface area contributed by atoms with E-state index in [1.165, 1.54) is 12.1 Å². The number of aliphatic hydroxyl groups is 1. The Labute approximate surface area is 92.0 Å². The fourth-order valence-corrected chi connectivity index (χ4v) is 1.78. The van der Waals surface area contributed by atoms with Gasteiger partial charge in [-0.2, -0.15) is 0 Å². The number of hydrogen-bond donors (Lipinski definition) is 3. The third-order valence-electron chi connectivity index (χ3n) is 2.57. The van der Waals surface area contributed by atoms with E-state index in [4.69, 9.17) is 22.4 Å². The molecule has 82 valence electrons. The number of nitrogens with one attached hydrogen (secondary N) is 1. The minimum absolute atomic E-state index is 0.0478. The molecule has 1 fully saturated rings. The van der Waals surface area contributed by atoms with Crippen LogP contribution in [0.1, 0.15) is 12.8 Å². The zero-order chi connectivity index (χ0) is 11.0. The lowest BCUT2D eigenvalue weighted by Gasteiger charge is -2.33. The molecule has 0 aromatic heterocycles. The highest BCUT2D eigenvalue weighted by Gasteiger charge is 2.27. The van der Waals surface area contributed by atoms with Gasteiger partial charge in [0.2, 0.25) is 0 Å². The van der Waals surface area contributed by atoms with E-state index in [1.807, 2.05) is 0 Å². The minimum atomic E-state index is -0.520. The van der Waals surface area contributed by atoms with Gasteiger partial charge in [0.05, 0.1) is 22.5 Å². The standard InChI is InChI=1S/C10H12ClFN2O/c11-7-3-10(9(13)4-8(7)12)14-5-1-6(15)2-5/h3-6,14-15H,1-2,13H2. The van der Waals surface area contributed by atoms with Crippen LogP contribution in [0.4, 0.5) is 15.8 Å². The lowest BCUT2D eigenvalue weighted by Crippen LogP contribution is -2.39. The molecule has 1 aromatic rings. The van der Waals surface area contributed by atoms with Crippen molar-refractivity contribution in [1.82, 2.24) is 0 Å². The van der Waals surface area contributed by atoms with Gasteiger partial charge in [0, 0.05) is 12.1 Å². The summed E-state index contributed by atoms with van der Waals surface area (Å²) in [5.41, 5.74) is 6.58. The van der Waals surface area contributed by atoms with Gasteiger partial charge < -0.3 is 16.2 Å². The molecule has 0 unspecified atom stereocenters. The number of benzene rings is 1. The molecule has 0 aliphatic heterocycles. The lowest BCUT2D eigenvalue weighted by molar-refractivity contribution is 0.0837. The Morgan fingerprint density at radius 1 is 1.47 bits per heavy atom. The Kier molecular flexibility index (Phi) is 2.71. The third kappa shape index (κ3) is 2.16. The maximum absolute atomic E-state index is 13.0. The van der Waals surface area contributed by atoms with Crippen LogP contribution in [0.3, 0.4) is 0 Å². The number of anilines is 2. The van der Waals surface area contributed by atoms with E-state index in [-0.39, 0.29) is 17.2 Å². The normalized spacial score (nSPS) is 24.7. The lowest BCUT2D eigenvalue weighted by atomic mass is 9.89. The third-order valence-corrected chi connectivity index (χ3v) is 2.85. The molecule has 0 heterocycles. The first kappa shape index (κ1) is 10.5. The summed E-state index contributed by atoms with van der Waals surface area (Å²) in [5, 5.41) is 12.3. The first-order chi connectivity index (χ1) is 7.06. The summed E-state index contributed by atoms with van der Waals surface area (Å²) in [6.45, 7) is 0. The van der Waals surface area contributed by atoms with Crippen LogP contribution in [0.25, 0.3) is 0 Å². The molecule has 3 nitrogen and oxygen atoms in total. The van der Waals surface area contributed by atoms with Crippen molar-refractivity contribution in [2.45, 2.75) is 25.0 Å². The van der Waals surface area contributed by atoms with Crippen molar-refractivity contribution in [2.24, 2.45) is 0 Å². The summed E-state index contributed by atoms with van der Waals surface area (Å²) in [4.78, 5) is 0. The Bertz CT molecular complexity index is 380. The highest BCUT2D eigenvalue weighted by Crippen LogP contribution is 2.30. The van der Waals surface area contributed by atoms with E-state index in [9.17, 15) is 4.39 Å². The van der Waals surface area contributed by atoms with Gasteiger partial charge in [-0.1, -0.05) is 11.6 Å². The van der Waals surface area contributed by atoms with Gasteiger partial charge in [0.1, 0.15) is 5.82 Å². The number of hydrogen-bond acceptors (Lipinski definition) is 3. The minimum Gasteiger partial charge on any atom is -0.397 e. The molecule has 4 N–H and O–H groups in total. The van der Waals surface area contributed by atoms with E-state index in [0.717, 1.165) is 0 Å². The van der Waals surface area contributed by atoms with Crippen LogP contribution in [-0.4, -0.2) is 17.3 Å². The van der Waals surface area contributed by atoms with Gasteiger partial charge in [-0.15, -0.1) is 0 Å². The van der Waals surface area contributed by atoms with Crippen LogP contribution >= 0.6 is 11.6 Å². The molecule has 0 radical (unpaired) electrons. The van der Waals surface area contributed by atoms with E-state index >= 15 is 0 Å².